The number of carboxylic acids is 1. The Kier molecular flexibility index (Phi) is 7.30. The van der Waals surface area contributed by atoms with Gasteiger partial charge in [0.1, 0.15) is 16.9 Å². The summed E-state index contributed by atoms with van der Waals surface area (Å²) in [5.41, 5.74) is 0.835. The fourth-order valence-corrected chi connectivity index (χ4v) is 4.53. The van der Waals surface area contributed by atoms with Gasteiger partial charge in [0.05, 0.1) is 16.3 Å². The summed E-state index contributed by atoms with van der Waals surface area (Å²) >= 11 is 1.42. The van der Waals surface area contributed by atoms with Crippen LogP contribution in [0.2, 0.25) is 0 Å². The highest BCUT2D eigenvalue weighted by molar-refractivity contribution is 7.18. The molecular weight excluding hydrogens is 390 g/mol. The lowest BCUT2D eigenvalue weighted by molar-refractivity contribution is -0.137. The number of thiazole rings is 1. The molecule has 0 spiro atoms. The van der Waals surface area contributed by atoms with E-state index in [1.807, 2.05) is 36.4 Å². The molecule has 7 heteroatoms. The largest absolute Gasteiger partial charge is 0.481 e. The van der Waals surface area contributed by atoms with E-state index in [4.69, 9.17) is 5.11 Å². The number of ketones is 1. The number of carboxylic acid groups (broad SMARTS) is 1. The first kappa shape index (κ1) is 21.4. The standard InChI is InChI=1S/C22H25NO5S/c24-17(22-23-16-8-5-6-9-20(16)29-22)12-11-15-14(18(25)13-19(15)26)7-3-1-2-4-10-21(27)28/h1,3,5-6,8-9,11-12,14-15,17,19,24,26H,2,4,7,10,13H2,(H,27,28)/b3-1-,12-11+/t14-,15-,17-,19-/m1/s1. The van der Waals surface area contributed by atoms with E-state index in [9.17, 15) is 19.8 Å². The molecule has 1 aromatic carbocycles. The number of fused-ring (bicyclic) bond motifs is 1. The van der Waals surface area contributed by atoms with Crippen LogP contribution in [-0.4, -0.2) is 38.2 Å². The number of carbonyl (C=O) groups is 2. The maximum atomic E-state index is 12.3. The minimum Gasteiger partial charge on any atom is -0.481 e. The molecule has 2 aromatic rings. The molecular formula is C22H25NO5S. The first-order valence-corrected chi connectivity index (χ1v) is 10.6. The number of carbonyl (C=O) groups excluding carboxylic acids is 1. The van der Waals surface area contributed by atoms with E-state index in [1.54, 1.807) is 12.2 Å². The molecule has 1 heterocycles. The van der Waals surface area contributed by atoms with E-state index in [0.29, 0.717) is 24.3 Å². The van der Waals surface area contributed by atoms with Gasteiger partial charge in [-0.2, -0.15) is 0 Å². The molecule has 0 radical (unpaired) electrons. The Labute approximate surface area is 173 Å². The lowest BCUT2D eigenvalue weighted by atomic mass is 9.90. The van der Waals surface area contributed by atoms with Crippen LogP contribution in [-0.2, 0) is 9.59 Å². The van der Waals surface area contributed by atoms with Crippen LogP contribution in [0.1, 0.15) is 43.2 Å². The molecule has 4 atom stereocenters. The summed E-state index contributed by atoms with van der Waals surface area (Å²) in [4.78, 5) is 27.2. The predicted octanol–water partition coefficient (Wildman–Crippen LogP) is 3.65. The van der Waals surface area contributed by atoms with Crippen LogP contribution in [0.5, 0.6) is 0 Å². The zero-order chi connectivity index (χ0) is 20.8. The molecule has 0 amide bonds. The normalized spacial score (nSPS) is 23.5. The van der Waals surface area contributed by atoms with Gasteiger partial charge in [-0.1, -0.05) is 36.4 Å². The van der Waals surface area contributed by atoms with Gasteiger partial charge in [0.2, 0.25) is 0 Å². The van der Waals surface area contributed by atoms with Crippen LogP contribution in [0.4, 0.5) is 0 Å². The van der Waals surface area contributed by atoms with Crippen LogP contribution in [0.25, 0.3) is 10.2 Å². The fourth-order valence-electron chi connectivity index (χ4n) is 3.59. The molecule has 0 aliphatic heterocycles. The van der Waals surface area contributed by atoms with Gasteiger partial charge in [-0.3, -0.25) is 9.59 Å². The monoisotopic (exact) mass is 415 g/mol. The molecule has 6 nitrogen and oxygen atoms in total. The number of hydrogen-bond acceptors (Lipinski definition) is 6. The number of allylic oxidation sites excluding steroid dienone is 2. The van der Waals surface area contributed by atoms with E-state index in [-0.39, 0.29) is 30.5 Å². The highest BCUT2D eigenvalue weighted by Crippen LogP contribution is 2.34. The Morgan fingerprint density at radius 2 is 2.10 bits per heavy atom. The number of nitrogens with zero attached hydrogens (tertiary/aromatic N) is 1. The topological polar surface area (TPSA) is 108 Å². The molecule has 1 aromatic heterocycles. The van der Waals surface area contributed by atoms with E-state index in [0.717, 1.165) is 10.2 Å². The van der Waals surface area contributed by atoms with Gasteiger partial charge in [-0.25, -0.2) is 4.98 Å². The minimum atomic E-state index is -0.887. The summed E-state index contributed by atoms with van der Waals surface area (Å²) < 4.78 is 0.997. The first-order valence-electron chi connectivity index (χ1n) is 9.75. The predicted molar refractivity (Wildman–Crippen MR) is 112 cm³/mol. The second-order valence-electron chi connectivity index (χ2n) is 7.26. The van der Waals surface area contributed by atoms with E-state index < -0.39 is 18.2 Å². The number of para-hydroxylation sites is 1. The lowest BCUT2D eigenvalue weighted by Crippen LogP contribution is -2.18. The molecule has 0 bridgehead atoms. The van der Waals surface area contributed by atoms with Gasteiger partial charge in [-0.05, 0) is 31.4 Å². The number of hydrogen-bond donors (Lipinski definition) is 3. The summed E-state index contributed by atoms with van der Waals surface area (Å²) in [5, 5.41) is 30.0. The number of benzene rings is 1. The van der Waals surface area contributed by atoms with Crippen molar-refractivity contribution in [2.24, 2.45) is 11.8 Å². The third-order valence-electron chi connectivity index (χ3n) is 5.13. The number of rotatable bonds is 9. The third-order valence-corrected chi connectivity index (χ3v) is 6.24. The van der Waals surface area contributed by atoms with Crippen molar-refractivity contribution in [2.45, 2.75) is 44.3 Å². The molecule has 29 heavy (non-hydrogen) atoms. The van der Waals surface area contributed by atoms with Gasteiger partial charge in [0, 0.05) is 24.7 Å². The van der Waals surface area contributed by atoms with Crippen molar-refractivity contribution in [1.82, 2.24) is 4.98 Å². The summed E-state index contributed by atoms with van der Waals surface area (Å²) in [6.45, 7) is 0. The highest BCUT2D eigenvalue weighted by atomic mass is 32.1. The summed E-state index contributed by atoms with van der Waals surface area (Å²) in [6.07, 6.45) is 7.40. The van der Waals surface area contributed by atoms with Crippen molar-refractivity contribution in [3.63, 3.8) is 0 Å². The third kappa shape index (κ3) is 5.59. The molecule has 1 fully saturated rings. The van der Waals surface area contributed by atoms with Crippen molar-refractivity contribution < 1.29 is 24.9 Å². The Morgan fingerprint density at radius 1 is 1.31 bits per heavy atom. The zero-order valence-electron chi connectivity index (χ0n) is 16.0. The lowest BCUT2D eigenvalue weighted by Gasteiger charge is -2.16. The Balaban J connectivity index is 1.61. The molecule has 1 aliphatic rings. The molecule has 3 rings (SSSR count). The summed E-state index contributed by atoms with van der Waals surface area (Å²) in [5.74, 6) is -1.49. The van der Waals surface area contributed by atoms with Crippen LogP contribution < -0.4 is 0 Å². The quantitative estimate of drug-likeness (QED) is 0.426. The number of aliphatic hydroxyl groups is 2. The molecule has 0 saturated heterocycles. The average Bonchev–Trinajstić information content (AvgIpc) is 3.23. The second-order valence-corrected chi connectivity index (χ2v) is 8.33. The van der Waals surface area contributed by atoms with Crippen LogP contribution >= 0.6 is 11.3 Å². The number of aromatic nitrogens is 1. The van der Waals surface area contributed by atoms with Crippen molar-refractivity contribution in [3.05, 3.63) is 53.6 Å². The number of aliphatic hydroxyl groups excluding tert-OH is 2. The smallest absolute Gasteiger partial charge is 0.303 e. The van der Waals surface area contributed by atoms with Gasteiger partial charge >= 0.3 is 5.97 Å². The van der Waals surface area contributed by atoms with Crippen molar-refractivity contribution >= 4 is 33.3 Å². The average molecular weight is 416 g/mol. The van der Waals surface area contributed by atoms with Crippen LogP contribution in [0.15, 0.2) is 48.6 Å². The van der Waals surface area contributed by atoms with Gasteiger partial charge in [0.15, 0.2) is 0 Å². The number of unbranched alkanes of at least 4 members (excludes halogenated alkanes) is 1. The Hall–Kier alpha value is -2.35. The minimum absolute atomic E-state index is 0.0109. The van der Waals surface area contributed by atoms with Gasteiger partial charge < -0.3 is 15.3 Å². The van der Waals surface area contributed by atoms with Crippen LogP contribution in [0.3, 0.4) is 0 Å². The van der Waals surface area contributed by atoms with Crippen molar-refractivity contribution in [3.8, 4) is 0 Å². The Morgan fingerprint density at radius 3 is 2.86 bits per heavy atom. The Bertz CT molecular complexity index is 886. The summed E-state index contributed by atoms with van der Waals surface area (Å²) in [7, 11) is 0. The second kappa shape index (κ2) is 9.91. The number of Topliss-reactive ketones (excluding diaryl/α,β-unsaturated/α-hetero) is 1. The van der Waals surface area contributed by atoms with Crippen molar-refractivity contribution in [1.29, 1.82) is 0 Å². The molecule has 3 N–H and O–H groups in total. The highest BCUT2D eigenvalue weighted by Gasteiger charge is 2.39. The number of aliphatic carboxylic acids is 1. The van der Waals surface area contributed by atoms with E-state index in [1.165, 1.54) is 11.3 Å². The molecule has 0 unspecified atom stereocenters. The molecule has 154 valence electrons. The van der Waals surface area contributed by atoms with E-state index >= 15 is 0 Å². The molecule has 1 saturated carbocycles. The fraction of sp³-hybridized carbons (Fsp3) is 0.409. The molecule has 1 aliphatic carbocycles. The maximum absolute atomic E-state index is 12.3. The SMILES string of the molecule is O=C(O)CCC/C=C\C[C@H]1C(=O)C[C@@H](O)[C@@H]1/C=C/[C@@H](O)c1nc2ccccc2s1. The zero-order valence-corrected chi connectivity index (χ0v) is 16.8. The van der Waals surface area contributed by atoms with Gasteiger partial charge in [-0.15, -0.1) is 11.3 Å². The van der Waals surface area contributed by atoms with Crippen molar-refractivity contribution in [2.75, 3.05) is 0 Å². The maximum Gasteiger partial charge on any atom is 0.303 e. The van der Waals surface area contributed by atoms with Gasteiger partial charge in [0.25, 0.3) is 0 Å². The van der Waals surface area contributed by atoms with E-state index in [2.05, 4.69) is 4.98 Å². The first-order chi connectivity index (χ1) is 14.0. The summed E-state index contributed by atoms with van der Waals surface area (Å²) in [6, 6.07) is 7.66. The van der Waals surface area contributed by atoms with Crippen LogP contribution in [0, 0.1) is 11.8 Å².